The zero-order chi connectivity index (χ0) is 18.5. The molecule has 0 saturated heterocycles. The first-order valence-corrected chi connectivity index (χ1v) is 8.29. The Morgan fingerprint density at radius 3 is 2.62 bits per heavy atom. The van der Waals surface area contributed by atoms with E-state index < -0.39 is 6.16 Å². The average molecular weight is 356 g/mol. The van der Waals surface area contributed by atoms with Crippen molar-refractivity contribution in [2.24, 2.45) is 0 Å². The van der Waals surface area contributed by atoms with Crippen molar-refractivity contribution in [3.63, 3.8) is 0 Å². The van der Waals surface area contributed by atoms with Crippen LogP contribution in [0, 0.1) is 0 Å². The second-order valence-electron chi connectivity index (χ2n) is 5.93. The lowest BCUT2D eigenvalue weighted by atomic mass is 9.85. The van der Waals surface area contributed by atoms with Gasteiger partial charge >= 0.3 is 12.1 Å². The third-order valence-corrected chi connectivity index (χ3v) is 4.34. The minimum atomic E-state index is -0.701. The van der Waals surface area contributed by atoms with Gasteiger partial charge in [0.2, 0.25) is 0 Å². The molecule has 0 radical (unpaired) electrons. The van der Waals surface area contributed by atoms with E-state index in [9.17, 15) is 9.59 Å². The van der Waals surface area contributed by atoms with Crippen LogP contribution in [0.25, 0.3) is 0 Å². The first-order valence-electron chi connectivity index (χ1n) is 8.29. The molecule has 0 bridgehead atoms. The molecule has 0 saturated carbocycles. The van der Waals surface area contributed by atoms with E-state index in [1.165, 1.54) is 7.11 Å². The summed E-state index contributed by atoms with van der Waals surface area (Å²) in [5, 5.41) is 0. The number of carbonyl (C=O) groups is 2. The van der Waals surface area contributed by atoms with Crippen molar-refractivity contribution >= 4 is 12.1 Å². The number of hydrogen-bond acceptors (Lipinski definition) is 6. The number of ether oxygens (including phenoxy) is 4. The van der Waals surface area contributed by atoms with Crippen LogP contribution < -0.4 is 9.47 Å². The SMILES string of the molecule is COC(=O)OCCc1ccc2c(c1)C(c1ccc(OC)cc1)CC(=O)O2. The molecular weight excluding hydrogens is 336 g/mol. The van der Waals surface area contributed by atoms with Gasteiger partial charge in [0.05, 0.1) is 27.2 Å². The van der Waals surface area contributed by atoms with E-state index in [1.807, 2.05) is 36.4 Å². The van der Waals surface area contributed by atoms with Crippen LogP contribution in [0.4, 0.5) is 4.79 Å². The van der Waals surface area contributed by atoms with Crippen molar-refractivity contribution < 1.29 is 28.5 Å². The van der Waals surface area contributed by atoms with Gasteiger partial charge in [0, 0.05) is 17.9 Å². The summed E-state index contributed by atoms with van der Waals surface area (Å²) in [5.41, 5.74) is 2.96. The number of esters is 1. The normalized spacial score (nSPS) is 15.6. The molecule has 0 fully saturated rings. The fourth-order valence-electron chi connectivity index (χ4n) is 3.00. The van der Waals surface area contributed by atoms with Gasteiger partial charge < -0.3 is 18.9 Å². The van der Waals surface area contributed by atoms with E-state index in [0.29, 0.717) is 12.2 Å². The van der Waals surface area contributed by atoms with Crippen LogP contribution in [-0.4, -0.2) is 33.0 Å². The molecule has 6 nitrogen and oxygen atoms in total. The van der Waals surface area contributed by atoms with Crippen molar-refractivity contribution in [2.75, 3.05) is 20.8 Å². The number of fused-ring (bicyclic) bond motifs is 1. The van der Waals surface area contributed by atoms with Crippen LogP contribution >= 0.6 is 0 Å². The van der Waals surface area contributed by atoms with Crippen LogP contribution in [0.2, 0.25) is 0 Å². The number of rotatable bonds is 5. The molecule has 1 unspecified atom stereocenters. The second-order valence-corrected chi connectivity index (χ2v) is 5.93. The van der Waals surface area contributed by atoms with Gasteiger partial charge in [0.15, 0.2) is 0 Å². The van der Waals surface area contributed by atoms with Crippen LogP contribution in [-0.2, 0) is 20.7 Å². The lowest BCUT2D eigenvalue weighted by Crippen LogP contribution is -2.21. The molecule has 1 aliphatic rings. The highest BCUT2D eigenvalue weighted by molar-refractivity contribution is 5.77. The summed E-state index contributed by atoms with van der Waals surface area (Å²) < 4.78 is 20.0. The smallest absolute Gasteiger partial charge is 0.497 e. The third kappa shape index (κ3) is 3.96. The van der Waals surface area contributed by atoms with Crippen molar-refractivity contribution in [3.8, 4) is 11.5 Å². The maximum atomic E-state index is 12.0. The monoisotopic (exact) mass is 356 g/mol. The summed E-state index contributed by atoms with van der Waals surface area (Å²) in [6.45, 7) is 0.221. The molecule has 0 aromatic heterocycles. The van der Waals surface area contributed by atoms with Crippen LogP contribution in [0.1, 0.15) is 29.0 Å². The van der Waals surface area contributed by atoms with Gasteiger partial charge in [-0.15, -0.1) is 0 Å². The van der Waals surface area contributed by atoms with Gasteiger partial charge in [-0.1, -0.05) is 24.3 Å². The lowest BCUT2D eigenvalue weighted by Gasteiger charge is -2.25. The molecule has 136 valence electrons. The Morgan fingerprint density at radius 2 is 1.92 bits per heavy atom. The number of methoxy groups -OCH3 is 2. The summed E-state index contributed by atoms with van der Waals surface area (Å²) in [6, 6.07) is 13.3. The Balaban J connectivity index is 1.83. The Hall–Kier alpha value is -3.02. The largest absolute Gasteiger partial charge is 0.507 e. The van der Waals surface area contributed by atoms with Crippen molar-refractivity contribution in [3.05, 3.63) is 59.2 Å². The molecular formula is C20H20O6. The van der Waals surface area contributed by atoms with Gasteiger partial charge in [-0.3, -0.25) is 4.79 Å². The molecule has 0 aliphatic carbocycles. The third-order valence-electron chi connectivity index (χ3n) is 4.34. The van der Waals surface area contributed by atoms with Crippen LogP contribution in [0.3, 0.4) is 0 Å². The van der Waals surface area contributed by atoms with Crippen molar-refractivity contribution in [2.45, 2.75) is 18.8 Å². The predicted molar refractivity (Wildman–Crippen MR) is 93.6 cm³/mol. The second kappa shape index (κ2) is 7.91. The molecule has 1 heterocycles. The Bertz CT molecular complexity index is 796. The molecule has 1 aliphatic heterocycles. The summed E-state index contributed by atoms with van der Waals surface area (Å²) in [4.78, 5) is 23.0. The van der Waals surface area contributed by atoms with Crippen LogP contribution in [0.5, 0.6) is 11.5 Å². The highest BCUT2D eigenvalue weighted by atomic mass is 16.7. The first-order chi connectivity index (χ1) is 12.6. The van der Waals surface area contributed by atoms with Gasteiger partial charge in [-0.2, -0.15) is 0 Å². The number of benzene rings is 2. The number of carbonyl (C=O) groups excluding carboxylic acids is 2. The van der Waals surface area contributed by atoms with E-state index in [4.69, 9.17) is 14.2 Å². The van der Waals surface area contributed by atoms with E-state index in [0.717, 1.165) is 22.4 Å². The molecule has 2 aromatic carbocycles. The summed E-state index contributed by atoms with van der Waals surface area (Å²) in [6.07, 6.45) is 0.126. The Labute approximate surface area is 151 Å². The zero-order valence-electron chi connectivity index (χ0n) is 14.7. The fourth-order valence-corrected chi connectivity index (χ4v) is 3.00. The predicted octanol–water partition coefficient (Wildman–Crippen LogP) is 3.46. The maximum Gasteiger partial charge on any atom is 0.507 e. The first kappa shape index (κ1) is 17.8. The minimum Gasteiger partial charge on any atom is -0.497 e. The Kier molecular flexibility index (Phi) is 5.41. The Morgan fingerprint density at radius 1 is 1.15 bits per heavy atom. The summed E-state index contributed by atoms with van der Waals surface area (Å²) >= 11 is 0. The zero-order valence-corrected chi connectivity index (χ0v) is 14.7. The minimum absolute atomic E-state index is 0.0846. The van der Waals surface area contributed by atoms with Gasteiger partial charge in [0.1, 0.15) is 11.5 Å². The molecule has 3 rings (SSSR count). The maximum absolute atomic E-state index is 12.0. The van der Waals surface area contributed by atoms with E-state index >= 15 is 0 Å². The molecule has 0 spiro atoms. The average Bonchev–Trinajstić information content (AvgIpc) is 2.67. The molecule has 1 atom stereocenters. The van der Waals surface area contributed by atoms with E-state index in [-0.39, 0.29) is 24.9 Å². The van der Waals surface area contributed by atoms with Gasteiger partial charge in [0.25, 0.3) is 0 Å². The topological polar surface area (TPSA) is 71.1 Å². The van der Waals surface area contributed by atoms with Gasteiger partial charge in [-0.25, -0.2) is 4.79 Å². The molecule has 0 N–H and O–H groups in total. The van der Waals surface area contributed by atoms with E-state index in [1.54, 1.807) is 13.2 Å². The molecule has 6 heteroatoms. The van der Waals surface area contributed by atoms with Crippen molar-refractivity contribution in [1.29, 1.82) is 0 Å². The van der Waals surface area contributed by atoms with E-state index in [2.05, 4.69) is 4.74 Å². The van der Waals surface area contributed by atoms with Gasteiger partial charge in [-0.05, 0) is 29.3 Å². The highest BCUT2D eigenvalue weighted by Gasteiger charge is 2.28. The molecule has 2 aromatic rings. The lowest BCUT2D eigenvalue weighted by molar-refractivity contribution is -0.135. The highest BCUT2D eigenvalue weighted by Crippen LogP contribution is 2.39. The number of hydrogen-bond donors (Lipinski definition) is 0. The quantitative estimate of drug-likeness (QED) is 0.603. The molecule has 0 amide bonds. The fraction of sp³-hybridized carbons (Fsp3) is 0.300. The summed E-state index contributed by atoms with van der Waals surface area (Å²) in [7, 11) is 2.89. The standard InChI is InChI=1S/C20H20O6/c1-23-15-6-4-14(5-7-15)16-12-19(21)26-18-8-3-13(11-17(16)18)9-10-25-20(22)24-2/h3-8,11,16H,9-10,12H2,1-2H3. The van der Waals surface area contributed by atoms with Crippen LogP contribution in [0.15, 0.2) is 42.5 Å². The van der Waals surface area contributed by atoms with Crippen molar-refractivity contribution in [1.82, 2.24) is 0 Å². The summed E-state index contributed by atoms with van der Waals surface area (Å²) in [5.74, 6) is 1.000. The molecule has 26 heavy (non-hydrogen) atoms.